The Morgan fingerprint density at radius 2 is 1.59 bits per heavy atom. The monoisotopic (exact) mass is 310 g/mol. The molecule has 5 rings (SSSR count). The van der Waals surface area contributed by atoms with Crippen molar-refractivity contribution >= 4 is 11.4 Å². The van der Waals surface area contributed by atoms with Crippen LogP contribution in [0.2, 0.25) is 0 Å². The van der Waals surface area contributed by atoms with Crippen molar-refractivity contribution in [1.82, 2.24) is 0 Å². The van der Waals surface area contributed by atoms with Crippen LogP contribution >= 0.6 is 0 Å². The number of nitrogens with two attached hydrogens (primary N) is 2. The highest BCUT2D eigenvalue weighted by Gasteiger charge is 2.67. The number of hydrogen-bond acceptors (Lipinski definition) is 2. The van der Waals surface area contributed by atoms with Crippen LogP contribution in [0.15, 0.2) is 18.2 Å². The number of rotatable bonds is 1. The summed E-state index contributed by atoms with van der Waals surface area (Å²) < 4.78 is 41.3. The molecule has 4 fully saturated rings. The van der Waals surface area contributed by atoms with Crippen LogP contribution in [0.3, 0.4) is 0 Å². The van der Waals surface area contributed by atoms with Crippen molar-refractivity contribution in [3.8, 4) is 0 Å². The Hall–Kier alpha value is -1.39. The number of anilines is 2. The summed E-state index contributed by atoms with van der Waals surface area (Å²) >= 11 is 0. The van der Waals surface area contributed by atoms with Gasteiger partial charge in [0, 0.05) is 0 Å². The molecule has 1 aromatic rings. The standard InChI is InChI=1S/C17H21F3N2/c18-17(19,20)16-7-10-3-11(8-16)6-15(5-10,9-16)12-1-2-13(21)14(22)4-12/h1-2,4,10-11H,3,5-9,21-22H2. The lowest BCUT2D eigenvalue weighted by Crippen LogP contribution is -2.59. The molecule has 5 heteroatoms. The molecule has 4 N–H and O–H groups in total. The van der Waals surface area contributed by atoms with Crippen LogP contribution in [0.1, 0.15) is 44.1 Å². The summed E-state index contributed by atoms with van der Waals surface area (Å²) in [5.74, 6) is 0.392. The molecular weight excluding hydrogens is 289 g/mol. The molecule has 0 radical (unpaired) electrons. The van der Waals surface area contributed by atoms with Crippen LogP contribution < -0.4 is 11.5 Å². The lowest BCUT2D eigenvalue weighted by Gasteiger charge is -2.62. The minimum atomic E-state index is -4.10. The minimum Gasteiger partial charge on any atom is -0.397 e. The van der Waals surface area contributed by atoms with Gasteiger partial charge in [-0.3, -0.25) is 0 Å². The van der Waals surface area contributed by atoms with Gasteiger partial charge < -0.3 is 11.5 Å². The molecule has 1 aromatic carbocycles. The van der Waals surface area contributed by atoms with Crippen LogP contribution in [-0.2, 0) is 5.41 Å². The Morgan fingerprint density at radius 1 is 0.955 bits per heavy atom. The molecule has 4 aliphatic carbocycles. The number of alkyl halides is 3. The normalized spacial score (nSPS) is 40.1. The van der Waals surface area contributed by atoms with Gasteiger partial charge in [0.15, 0.2) is 0 Å². The minimum absolute atomic E-state index is 0.196. The molecule has 2 nitrogen and oxygen atoms in total. The summed E-state index contributed by atoms with van der Waals surface area (Å²) in [6, 6.07) is 5.44. The largest absolute Gasteiger partial charge is 0.397 e. The van der Waals surface area contributed by atoms with E-state index in [2.05, 4.69) is 0 Å². The van der Waals surface area contributed by atoms with Gasteiger partial charge in [-0.2, -0.15) is 13.2 Å². The Bertz CT molecular complexity index is 609. The van der Waals surface area contributed by atoms with Gasteiger partial charge in [0.25, 0.3) is 0 Å². The first-order valence-electron chi connectivity index (χ1n) is 7.95. The summed E-state index contributed by atoms with van der Waals surface area (Å²) in [6.07, 6.45) is -0.549. The topological polar surface area (TPSA) is 52.0 Å². The van der Waals surface area contributed by atoms with Crippen molar-refractivity contribution in [2.24, 2.45) is 17.3 Å². The molecule has 4 bridgehead atoms. The van der Waals surface area contributed by atoms with Gasteiger partial charge in [0.1, 0.15) is 0 Å². The number of hydrogen-bond donors (Lipinski definition) is 2. The Labute approximate surface area is 128 Å². The van der Waals surface area contributed by atoms with Gasteiger partial charge in [0.2, 0.25) is 0 Å². The van der Waals surface area contributed by atoms with Gasteiger partial charge in [-0.1, -0.05) is 6.07 Å². The zero-order chi connectivity index (χ0) is 15.8. The fourth-order valence-corrected chi connectivity index (χ4v) is 5.84. The van der Waals surface area contributed by atoms with Gasteiger partial charge in [-0.25, -0.2) is 0 Å². The highest BCUT2D eigenvalue weighted by atomic mass is 19.4. The predicted molar refractivity (Wildman–Crippen MR) is 80.1 cm³/mol. The highest BCUT2D eigenvalue weighted by molar-refractivity contribution is 5.64. The van der Waals surface area contributed by atoms with Crippen molar-refractivity contribution in [2.45, 2.75) is 50.1 Å². The van der Waals surface area contributed by atoms with Gasteiger partial charge in [-0.05, 0) is 73.5 Å². The van der Waals surface area contributed by atoms with E-state index in [1.54, 1.807) is 6.07 Å². The van der Waals surface area contributed by atoms with Crippen molar-refractivity contribution in [2.75, 3.05) is 11.5 Å². The first-order chi connectivity index (χ1) is 10.2. The molecule has 120 valence electrons. The van der Waals surface area contributed by atoms with Crippen LogP contribution in [-0.4, -0.2) is 6.18 Å². The quantitative estimate of drug-likeness (QED) is 0.762. The van der Waals surface area contributed by atoms with Crippen LogP contribution in [0.4, 0.5) is 24.5 Å². The molecule has 2 atom stereocenters. The van der Waals surface area contributed by atoms with E-state index < -0.39 is 11.6 Å². The molecule has 0 spiro atoms. The van der Waals surface area contributed by atoms with Gasteiger partial charge >= 0.3 is 6.18 Å². The van der Waals surface area contributed by atoms with Gasteiger partial charge in [0.05, 0.1) is 16.8 Å². The van der Waals surface area contributed by atoms with Crippen molar-refractivity contribution < 1.29 is 13.2 Å². The molecule has 0 amide bonds. The van der Waals surface area contributed by atoms with E-state index in [9.17, 15) is 13.2 Å². The lowest BCUT2D eigenvalue weighted by molar-refractivity contribution is -0.277. The third-order valence-corrected chi connectivity index (χ3v) is 6.36. The van der Waals surface area contributed by atoms with E-state index in [1.807, 2.05) is 12.1 Å². The first-order valence-corrected chi connectivity index (χ1v) is 7.95. The van der Waals surface area contributed by atoms with E-state index in [4.69, 9.17) is 11.5 Å². The third kappa shape index (κ3) is 1.80. The predicted octanol–water partition coefficient (Wildman–Crippen LogP) is 4.25. The Morgan fingerprint density at radius 3 is 2.14 bits per heavy atom. The second-order valence-electron chi connectivity index (χ2n) is 7.86. The van der Waals surface area contributed by atoms with Crippen LogP contribution in [0.25, 0.3) is 0 Å². The van der Waals surface area contributed by atoms with Crippen molar-refractivity contribution in [1.29, 1.82) is 0 Å². The fraction of sp³-hybridized carbons (Fsp3) is 0.647. The number of benzene rings is 1. The van der Waals surface area contributed by atoms with E-state index >= 15 is 0 Å². The van der Waals surface area contributed by atoms with E-state index in [0.29, 0.717) is 24.2 Å². The first kappa shape index (κ1) is 14.2. The summed E-state index contributed by atoms with van der Waals surface area (Å²) in [4.78, 5) is 0. The number of nitrogen functional groups attached to an aromatic ring is 2. The van der Waals surface area contributed by atoms with Crippen molar-refractivity contribution in [3.05, 3.63) is 23.8 Å². The SMILES string of the molecule is Nc1ccc(C23CC4CC(C2)CC(C(F)(F)F)(C4)C3)cc1N. The molecule has 2 unspecified atom stereocenters. The number of halogens is 3. The maximum atomic E-state index is 13.8. The molecule has 0 aliphatic heterocycles. The highest BCUT2D eigenvalue weighted by Crippen LogP contribution is 2.69. The molecule has 22 heavy (non-hydrogen) atoms. The summed E-state index contributed by atoms with van der Waals surface area (Å²) in [5.41, 5.74) is 11.8. The summed E-state index contributed by atoms with van der Waals surface area (Å²) in [5, 5.41) is 0. The Kier molecular flexibility index (Phi) is 2.66. The fourth-order valence-electron chi connectivity index (χ4n) is 5.84. The van der Waals surface area contributed by atoms with E-state index in [1.165, 1.54) is 0 Å². The second kappa shape index (κ2) is 4.12. The molecule has 0 aromatic heterocycles. The molecule has 4 aliphatic rings. The zero-order valence-corrected chi connectivity index (χ0v) is 12.4. The zero-order valence-electron chi connectivity index (χ0n) is 12.4. The maximum absolute atomic E-state index is 13.8. The van der Waals surface area contributed by atoms with Crippen LogP contribution in [0, 0.1) is 17.3 Å². The van der Waals surface area contributed by atoms with E-state index in [-0.39, 0.29) is 23.7 Å². The van der Waals surface area contributed by atoms with Crippen molar-refractivity contribution in [3.63, 3.8) is 0 Å². The average Bonchev–Trinajstić information content (AvgIpc) is 2.39. The molecule has 0 heterocycles. The van der Waals surface area contributed by atoms with E-state index in [0.717, 1.165) is 24.8 Å². The summed E-state index contributed by atoms with van der Waals surface area (Å²) in [6.45, 7) is 0. The molecule has 0 saturated heterocycles. The lowest BCUT2D eigenvalue weighted by atomic mass is 9.42. The third-order valence-electron chi connectivity index (χ3n) is 6.36. The smallest absolute Gasteiger partial charge is 0.394 e. The Balaban J connectivity index is 1.80. The maximum Gasteiger partial charge on any atom is 0.394 e. The summed E-state index contributed by atoms with van der Waals surface area (Å²) in [7, 11) is 0. The van der Waals surface area contributed by atoms with Gasteiger partial charge in [-0.15, -0.1) is 0 Å². The second-order valence-corrected chi connectivity index (χ2v) is 7.86. The molecule has 4 saturated carbocycles. The average molecular weight is 310 g/mol. The molecular formula is C17H21F3N2. The van der Waals surface area contributed by atoms with Crippen LogP contribution in [0.5, 0.6) is 0 Å².